The topological polar surface area (TPSA) is 53.9 Å². The van der Waals surface area contributed by atoms with E-state index in [1.165, 1.54) is 5.69 Å². The normalized spacial score (nSPS) is 10.5. The quantitative estimate of drug-likeness (QED) is 0.424. The van der Waals surface area contributed by atoms with Crippen LogP contribution in [0, 0.1) is 0 Å². The number of hydrogen-bond acceptors (Lipinski definition) is 4. The highest BCUT2D eigenvalue weighted by Gasteiger charge is 2.04. The Balaban J connectivity index is 1.91. The average molecular weight is 351 g/mol. The summed E-state index contributed by atoms with van der Waals surface area (Å²) in [6, 6.07) is 15.0. The Morgan fingerprint density at radius 3 is 2.35 bits per heavy atom. The van der Waals surface area contributed by atoms with Gasteiger partial charge in [-0.2, -0.15) is 5.10 Å². The Kier molecular flexibility index (Phi) is 7.43. The molecule has 0 aliphatic rings. The monoisotopic (exact) mass is 351 g/mol. The van der Waals surface area contributed by atoms with Crippen LogP contribution in [0.2, 0.25) is 0 Å². The molecule has 0 heterocycles. The molecule has 5 nitrogen and oxygen atoms in total. The maximum Gasteiger partial charge on any atom is 0.271 e. The summed E-state index contributed by atoms with van der Waals surface area (Å²) in [5.41, 5.74) is 5.15. The highest BCUT2D eigenvalue weighted by molar-refractivity contribution is 5.95. The van der Waals surface area contributed by atoms with E-state index in [2.05, 4.69) is 48.0 Å². The summed E-state index contributed by atoms with van der Waals surface area (Å²) in [5.74, 6) is 0.425. The summed E-state index contributed by atoms with van der Waals surface area (Å²) in [5, 5.41) is 4.02. The van der Waals surface area contributed by atoms with Crippen LogP contribution in [0.3, 0.4) is 0 Å². The zero-order chi connectivity index (χ0) is 18.8. The van der Waals surface area contributed by atoms with Crippen LogP contribution in [0.4, 0.5) is 5.69 Å². The van der Waals surface area contributed by atoms with E-state index in [1.54, 1.807) is 36.6 Å². The highest BCUT2D eigenvalue weighted by Crippen LogP contribution is 2.14. The number of rotatable bonds is 9. The molecular weight excluding hydrogens is 326 g/mol. The van der Waals surface area contributed by atoms with Crippen molar-refractivity contribution >= 4 is 17.8 Å². The molecule has 136 valence electrons. The van der Waals surface area contributed by atoms with Crippen LogP contribution >= 0.6 is 0 Å². The lowest BCUT2D eigenvalue weighted by Crippen LogP contribution is -2.21. The van der Waals surface area contributed by atoms with Crippen LogP contribution in [0.1, 0.15) is 29.8 Å². The van der Waals surface area contributed by atoms with E-state index in [-0.39, 0.29) is 5.91 Å². The molecule has 2 rings (SSSR count). The van der Waals surface area contributed by atoms with E-state index in [9.17, 15) is 4.79 Å². The number of hydrogen-bond donors (Lipinski definition) is 1. The molecule has 5 heteroatoms. The van der Waals surface area contributed by atoms with E-state index in [0.717, 1.165) is 18.7 Å². The summed E-state index contributed by atoms with van der Waals surface area (Å²) in [6.45, 7) is 10.2. The van der Waals surface area contributed by atoms with Gasteiger partial charge in [0.1, 0.15) is 12.4 Å². The van der Waals surface area contributed by atoms with Crippen molar-refractivity contribution in [2.75, 3.05) is 24.6 Å². The summed E-state index contributed by atoms with van der Waals surface area (Å²) in [4.78, 5) is 14.4. The molecule has 1 amide bonds. The molecule has 0 unspecified atom stereocenters. The standard InChI is InChI=1S/C21H25N3O2/c1-4-15-26-20-13-9-18(10-14-20)21(25)23-22-16-17-7-11-19(12-8-17)24(5-2)6-3/h4,7-14,16H,1,5-6,15H2,2-3H3,(H,23,25)/b22-16+. The van der Waals surface area contributed by atoms with Crippen molar-refractivity contribution in [2.45, 2.75) is 13.8 Å². The first-order chi connectivity index (χ1) is 12.7. The van der Waals surface area contributed by atoms with Crippen molar-refractivity contribution in [3.63, 3.8) is 0 Å². The van der Waals surface area contributed by atoms with Crippen molar-refractivity contribution < 1.29 is 9.53 Å². The predicted octanol–water partition coefficient (Wildman–Crippen LogP) is 3.86. The third-order valence-corrected chi connectivity index (χ3v) is 3.89. The number of anilines is 1. The van der Waals surface area contributed by atoms with Crippen LogP contribution in [0.5, 0.6) is 5.75 Å². The number of benzene rings is 2. The number of nitrogens with zero attached hydrogens (tertiary/aromatic N) is 2. The van der Waals surface area contributed by atoms with Gasteiger partial charge < -0.3 is 9.64 Å². The molecule has 0 saturated heterocycles. The minimum Gasteiger partial charge on any atom is -0.490 e. The molecule has 0 radical (unpaired) electrons. The third-order valence-electron chi connectivity index (χ3n) is 3.89. The number of amides is 1. The van der Waals surface area contributed by atoms with Crippen molar-refractivity contribution in [1.82, 2.24) is 5.43 Å². The summed E-state index contributed by atoms with van der Waals surface area (Å²) >= 11 is 0. The van der Waals surface area contributed by atoms with Crippen molar-refractivity contribution in [3.05, 3.63) is 72.3 Å². The zero-order valence-electron chi connectivity index (χ0n) is 15.3. The summed E-state index contributed by atoms with van der Waals surface area (Å²) in [7, 11) is 0. The van der Waals surface area contributed by atoms with Crippen LogP contribution in [0.25, 0.3) is 0 Å². The molecule has 0 atom stereocenters. The first-order valence-corrected chi connectivity index (χ1v) is 8.70. The maximum atomic E-state index is 12.1. The minimum atomic E-state index is -0.267. The molecule has 0 aliphatic carbocycles. The van der Waals surface area contributed by atoms with Crippen LogP contribution in [0.15, 0.2) is 66.3 Å². The van der Waals surface area contributed by atoms with Gasteiger partial charge in [-0.15, -0.1) is 0 Å². The van der Waals surface area contributed by atoms with Gasteiger partial charge in [0.15, 0.2) is 0 Å². The average Bonchev–Trinajstić information content (AvgIpc) is 2.69. The van der Waals surface area contributed by atoms with Gasteiger partial charge in [-0.05, 0) is 55.8 Å². The van der Waals surface area contributed by atoms with Crippen molar-refractivity contribution in [1.29, 1.82) is 0 Å². The van der Waals surface area contributed by atoms with Crippen LogP contribution in [-0.2, 0) is 0 Å². The van der Waals surface area contributed by atoms with Gasteiger partial charge in [-0.3, -0.25) is 4.79 Å². The second-order valence-electron chi connectivity index (χ2n) is 5.59. The molecule has 0 spiro atoms. The van der Waals surface area contributed by atoms with Gasteiger partial charge >= 0.3 is 0 Å². The molecule has 2 aromatic rings. The van der Waals surface area contributed by atoms with Gasteiger partial charge in [-0.25, -0.2) is 5.43 Å². The van der Waals surface area contributed by atoms with Crippen LogP contribution in [-0.4, -0.2) is 31.8 Å². The molecule has 26 heavy (non-hydrogen) atoms. The number of carbonyl (C=O) groups excluding carboxylic acids is 1. The molecule has 0 bridgehead atoms. The van der Waals surface area contributed by atoms with Crippen LogP contribution < -0.4 is 15.1 Å². The number of ether oxygens (including phenoxy) is 1. The second-order valence-corrected chi connectivity index (χ2v) is 5.59. The highest BCUT2D eigenvalue weighted by atomic mass is 16.5. The smallest absolute Gasteiger partial charge is 0.271 e. The van der Waals surface area contributed by atoms with Crippen molar-refractivity contribution in [3.8, 4) is 5.75 Å². The minimum absolute atomic E-state index is 0.267. The fourth-order valence-electron chi connectivity index (χ4n) is 2.45. The predicted molar refractivity (Wildman–Crippen MR) is 107 cm³/mol. The lowest BCUT2D eigenvalue weighted by molar-refractivity contribution is 0.0955. The Morgan fingerprint density at radius 2 is 1.77 bits per heavy atom. The largest absolute Gasteiger partial charge is 0.490 e. The lowest BCUT2D eigenvalue weighted by Gasteiger charge is -2.20. The molecule has 0 fully saturated rings. The first-order valence-electron chi connectivity index (χ1n) is 8.70. The van der Waals surface area contributed by atoms with Gasteiger partial charge in [0, 0.05) is 24.3 Å². The SMILES string of the molecule is C=CCOc1ccc(C(=O)N/N=C/c2ccc(N(CC)CC)cc2)cc1. The molecule has 1 N–H and O–H groups in total. The van der Waals surface area contributed by atoms with Gasteiger partial charge in [0.2, 0.25) is 0 Å². The molecule has 0 aromatic heterocycles. The summed E-state index contributed by atoms with van der Waals surface area (Å²) in [6.07, 6.45) is 3.30. The fraction of sp³-hybridized carbons (Fsp3) is 0.238. The Morgan fingerprint density at radius 1 is 1.12 bits per heavy atom. The summed E-state index contributed by atoms with van der Waals surface area (Å²) < 4.78 is 5.39. The zero-order valence-corrected chi connectivity index (χ0v) is 15.3. The lowest BCUT2D eigenvalue weighted by atomic mass is 10.2. The number of carbonyl (C=O) groups is 1. The van der Waals surface area contributed by atoms with E-state index in [4.69, 9.17) is 4.74 Å². The first kappa shape index (κ1) is 19.2. The third kappa shape index (κ3) is 5.48. The Bertz CT molecular complexity index is 733. The fourth-order valence-corrected chi connectivity index (χ4v) is 2.45. The van der Waals surface area contributed by atoms with Crippen molar-refractivity contribution in [2.24, 2.45) is 5.10 Å². The molecule has 0 saturated carbocycles. The number of nitrogens with one attached hydrogen (secondary N) is 1. The van der Waals surface area contributed by atoms with E-state index in [1.807, 2.05) is 12.1 Å². The molecular formula is C21H25N3O2. The second kappa shape index (κ2) is 10.0. The van der Waals surface area contributed by atoms with E-state index >= 15 is 0 Å². The Hall–Kier alpha value is -3.08. The van der Waals surface area contributed by atoms with Gasteiger partial charge in [0.25, 0.3) is 5.91 Å². The molecule has 0 aliphatic heterocycles. The van der Waals surface area contributed by atoms with Gasteiger partial charge in [-0.1, -0.05) is 24.8 Å². The van der Waals surface area contributed by atoms with Gasteiger partial charge in [0.05, 0.1) is 6.21 Å². The van der Waals surface area contributed by atoms with E-state index < -0.39 is 0 Å². The van der Waals surface area contributed by atoms with E-state index in [0.29, 0.717) is 17.9 Å². The Labute approximate surface area is 155 Å². The number of hydrazone groups is 1. The molecule has 2 aromatic carbocycles. The maximum absolute atomic E-state index is 12.1.